The fourth-order valence-electron chi connectivity index (χ4n) is 1.65. The van der Waals surface area contributed by atoms with Gasteiger partial charge in [0.05, 0.1) is 12.8 Å². The van der Waals surface area contributed by atoms with Gasteiger partial charge in [-0.1, -0.05) is 17.7 Å². The van der Waals surface area contributed by atoms with Crippen LogP contribution in [0.5, 0.6) is 5.75 Å². The molecule has 0 aliphatic carbocycles. The maximum absolute atomic E-state index is 13.5. The molecule has 2 aromatic carbocycles. The SMILES string of the molecule is COc1ccc(CNc2cc(Cl)ccc2Br)cc1F. The molecule has 0 aliphatic heterocycles. The van der Waals surface area contributed by atoms with Gasteiger partial charge in [0.25, 0.3) is 0 Å². The summed E-state index contributed by atoms with van der Waals surface area (Å²) in [6.45, 7) is 0.500. The van der Waals surface area contributed by atoms with Gasteiger partial charge < -0.3 is 10.1 Å². The first-order valence-electron chi connectivity index (χ1n) is 5.61. The van der Waals surface area contributed by atoms with Crippen LogP contribution in [0.15, 0.2) is 40.9 Å². The maximum atomic E-state index is 13.5. The average Bonchev–Trinajstić information content (AvgIpc) is 2.40. The number of methoxy groups -OCH3 is 1. The van der Waals surface area contributed by atoms with E-state index in [0.717, 1.165) is 15.7 Å². The lowest BCUT2D eigenvalue weighted by Gasteiger charge is -2.10. The first-order valence-corrected chi connectivity index (χ1v) is 6.78. The van der Waals surface area contributed by atoms with Gasteiger partial charge in [-0.3, -0.25) is 0 Å². The van der Waals surface area contributed by atoms with Crippen molar-refractivity contribution in [3.63, 3.8) is 0 Å². The molecule has 0 aromatic heterocycles. The summed E-state index contributed by atoms with van der Waals surface area (Å²) in [5.41, 5.74) is 1.69. The van der Waals surface area contributed by atoms with E-state index in [-0.39, 0.29) is 11.6 Å². The van der Waals surface area contributed by atoms with E-state index in [0.29, 0.717) is 11.6 Å². The predicted molar refractivity (Wildman–Crippen MR) is 79.4 cm³/mol. The molecule has 0 spiro atoms. The van der Waals surface area contributed by atoms with Crippen LogP contribution in [0.25, 0.3) is 0 Å². The molecule has 0 saturated carbocycles. The Morgan fingerprint density at radius 1 is 1.26 bits per heavy atom. The number of nitrogens with one attached hydrogen (secondary N) is 1. The summed E-state index contributed by atoms with van der Waals surface area (Å²) in [7, 11) is 1.44. The summed E-state index contributed by atoms with van der Waals surface area (Å²) < 4.78 is 19.3. The summed E-state index contributed by atoms with van der Waals surface area (Å²) in [6.07, 6.45) is 0. The lowest BCUT2D eigenvalue weighted by molar-refractivity contribution is 0.386. The topological polar surface area (TPSA) is 21.3 Å². The highest BCUT2D eigenvalue weighted by atomic mass is 79.9. The second-order valence-corrected chi connectivity index (χ2v) is 5.24. The molecule has 0 saturated heterocycles. The van der Waals surface area contributed by atoms with Crippen molar-refractivity contribution in [1.29, 1.82) is 0 Å². The van der Waals surface area contributed by atoms with Crippen molar-refractivity contribution in [1.82, 2.24) is 0 Å². The van der Waals surface area contributed by atoms with Gasteiger partial charge in [0, 0.05) is 16.0 Å². The third-order valence-electron chi connectivity index (χ3n) is 2.63. The van der Waals surface area contributed by atoms with Crippen molar-refractivity contribution in [3.05, 3.63) is 57.3 Å². The molecule has 19 heavy (non-hydrogen) atoms. The molecule has 2 nitrogen and oxygen atoms in total. The lowest BCUT2D eigenvalue weighted by atomic mass is 10.2. The van der Waals surface area contributed by atoms with E-state index in [4.69, 9.17) is 16.3 Å². The summed E-state index contributed by atoms with van der Waals surface area (Å²) in [5, 5.41) is 3.84. The standard InChI is InChI=1S/C14H12BrClFNO/c1-19-14-5-2-9(6-12(14)17)8-18-13-7-10(16)3-4-11(13)15/h2-7,18H,8H2,1H3. The quantitative estimate of drug-likeness (QED) is 0.855. The normalized spacial score (nSPS) is 10.3. The molecule has 0 unspecified atom stereocenters. The molecule has 0 fully saturated rings. The zero-order chi connectivity index (χ0) is 13.8. The fraction of sp³-hybridized carbons (Fsp3) is 0.143. The third-order valence-corrected chi connectivity index (χ3v) is 3.55. The molecule has 0 atom stereocenters. The second kappa shape index (κ2) is 6.26. The van der Waals surface area contributed by atoms with Crippen molar-refractivity contribution >= 4 is 33.2 Å². The van der Waals surface area contributed by atoms with Gasteiger partial charge in [-0.2, -0.15) is 0 Å². The maximum Gasteiger partial charge on any atom is 0.165 e. The molecule has 2 aromatic rings. The van der Waals surface area contributed by atoms with Crippen LogP contribution in [0, 0.1) is 5.82 Å². The number of hydrogen-bond acceptors (Lipinski definition) is 2. The van der Waals surface area contributed by atoms with E-state index < -0.39 is 0 Å². The number of anilines is 1. The second-order valence-electron chi connectivity index (χ2n) is 3.95. The van der Waals surface area contributed by atoms with E-state index >= 15 is 0 Å². The Labute approximate surface area is 124 Å². The molecule has 0 amide bonds. The van der Waals surface area contributed by atoms with Crippen molar-refractivity contribution in [2.45, 2.75) is 6.54 Å². The van der Waals surface area contributed by atoms with Crippen molar-refractivity contribution in [2.24, 2.45) is 0 Å². The van der Waals surface area contributed by atoms with E-state index in [1.807, 2.05) is 18.2 Å². The summed E-state index contributed by atoms with van der Waals surface area (Å²) in [4.78, 5) is 0. The van der Waals surface area contributed by atoms with E-state index in [1.54, 1.807) is 12.1 Å². The number of hydrogen-bond donors (Lipinski definition) is 1. The number of halogens is 3. The summed E-state index contributed by atoms with van der Waals surface area (Å²) in [6, 6.07) is 10.3. The van der Waals surface area contributed by atoms with E-state index in [2.05, 4.69) is 21.2 Å². The minimum Gasteiger partial charge on any atom is -0.494 e. The van der Waals surface area contributed by atoms with Crippen molar-refractivity contribution in [3.8, 4) is 5.75 Å². The molecular weight excluding hydrogens is 333 g/mol. The van der Waals surface area contributed by atoms with Gasteiger partial charge in [-0.15, -0.1) is 0 Å². The average molecular weight is 345 g/mol. The Kier molecular flexibility index (Phi) is 4.66. The van der Waals surface area contributed by atoms with Gasteiger partial charge in [-0.25, -0.2) is 4.39 Å². The molecule has 100 valence electrons. The molecule has 1 N–H and O–H groups in total. The van der Waals surface area contributed by atoms with Crippen LogP contribution in [0.1, 0.15) is 5.56 Å². The summed E-state index contributed by atoms with van der Waals surface area (Å²) >= 11 is 9.35. The molecule has 5 heteroatoms. The number of ether oxygens (including phenoxy) is 1. The van der Waals surface area contributed by atoms with Crippen LogP contribution in [0.4, 0.5) is 10.1 Å². The van der Waals surface area contributed by atoms with Crippen LogP contribution in [-0.2, 0) is 6.54 Å². The van der Waals surface area contributed by atoms with Gasteiger partial charge in [0.2, 0.25) is 0 Å². The van der Waals surface area contributed by atoms with Crippen LogP contribution >= 0.6 is 27.5 Å². The fourth-order valence-corrected chi connectivity index (χ4v) is 2.21. The first kappa shape index (κ1) is 14.2. The molecule has 0 aliphatic rings. The molecule has 2 rings (SSSR count). The van der Waals surface area contributed by atoms with Crippen LogP contribution in [0.2, 0.25) is 5.02 Å². The Bertz CT molecular complexity index is 592. The third kappa shape index (κ3) is 3.61. The Hall–Kier alpha value is -1.26. The zero-order valence-corrected chi connectivity index (χ0v) is 12.6. The van der Waals surface area contributed by atoms with Crippen LogP contribution in [0.3, 0.4) is 0 Å². The van der Waals surface area contributed by atoms with Crippen LogP contribution < -0.4 is 10.1 Å². The van der Waals surface area contributed by atoms with Crippen molar-refractivity contribution in [2.75, 3.05) is 12.4 Å². The predicted octanol–water partition coefficient (Wildman–Crippen LogP) is 4.86. The number of benzene rings is 2. The minimum absolute atomic E-state index is 0.243. The smallest absolute Gasteiger partial charge is 0.165 e. The molecule has 0 radical (unpaired) electrons. The Balaban J connectivity index is 2.10. The molecular formula is C14H12BrClFNO. The summed E-state index contributed by atoms with van der Waals surface area (Å²) in [5.74, 6) is -0.125. The van der Waals surface area contributed by atoms with Crippen molar-refractivity contribution < 1.29 is 9.13 Å². The minimum atomic E-state index is -0.369. The highest BCUT2D eigenvalue weighted by Gasteiger charge is 2.05. The zero-order valence-electron chi connectivity index (χ0n) is 10.2. The Morgan fingerprint density at radius 2 is 2.05 bits per heavy atom. The molecule has 0 heterocycles. The first-order chi connectivity index (χ1) is 9.10. The van der Waals surface area contributed by atoms with Gasteiger partial charge >= 0.3 is 0 Å². The van der Waals surface area contributed by atoms with E-state index in [9.17, 15) is 4.39 Å². The van der Waals surface area contributed by atoms with Gasteiger partial charge in [-0.05, 0) is 51.8 Å². The van der Waals surface area contributed by atoms with Gasteiger partial charge in [0.15, 0.2) is 11.6 Å². The van der Waals surface area contributed by atoms with Gasteiger partial charge in [0.1, 0.15) is 0 Å². The largest absolute Gasteiger partial charge is 0.494 e. The number of rotatable bonds is 4. The highest BCUT2D eigenvalue weighted by molar-refractivity contribution is 9.10. The monoisotopic (exact) mass is 343 g/mol. The van der Waals surface area contributed by atoms with E-state index in [1.165, 1.54) is 13.2 Å². The lowest BCUT2D eigenvalue weighted by Crippen LogP contribution is -2.01. The highest BCUT2D eigenvalue weighted by Crippen LogP contribution is 2.26. The Morgan fingerprint density at radius 3 is 2.74 bits per heavy atom. The van der Waals surface area contributed by atoms with Crippen LogP contribution in [-0.4, -0.2) is 7.11 Å². The molecule has 0 bridgehead atoms.